The van der Waals surface area contributed by atoms with Gasteiger partial charge in [-0.05, 0) is 55.9 Å². The lowest BCUT2D eigenvalue weighted by Crippen LogP contribution is -2.20. The van der Waals surface area contributed by atoms with Gasteiger partial charge in [-0.2, -0.15) is 0 Å². The fourth-order valence-electron chi connectivity index (χ4n) is 2.42. The van der Waals surface area contributed by atoms with Gasteiger partial charge in [0.2, 0.25) is 10.0 Å². The molecule has 156 valence electrons. The van der Waals surface area contributed by atoms with Crippen molar-refractivity contribution in [1.82, 2.24) is 4.72 Å². The van der Waals surface area contributed by atoms with E-state index in [1.165, 1.54) is 32.4 Å². The zero-order valence-electron chi connectivity index (χ0n) is 16.5. The first-order valence-corrected chi connectivity index (χ1v) is 10.5. The van der Waals surface area contributed by atoms with Crippen LogP contribution in [0.15, 0.2) is 47.4 Å². The van der Waals surface area contributed by atoms with E-state index >= 15 is 0 Å². The van der Waals surface area contributed by atoms with Crippen molar-refractivity contribution in [3.05, 3.63) is 53.6 Å². The molecule has 0 aliphatic carbocycles. The molecule has 0 unspecified atom stereocenters. The number of methoxy groups -OCH3 is 1. The number of esters is 1. The summed E-state index contributed by atoms with van der Waals surface area (Å²) in [4.78, 5) is 24.3. The third-order valence-corrected chi connectivity index (χ3v) is 5.53. The van der Waals surface area contributed by atoms with Gasteiger partial charge in [0.1, 0.15) is 10.6 Å². The summed E-state index contributed by atoms with van der Waals surface area (Å²) in [5.74, 6) is -0.797. The molecule has 2 aromatic rings. The van der Waals surface area contributed by atoms with E-state index in [0.29, 0.717) is 17.9 Å². The fraction of sp³-hybridized carbons (Fsp3) is 0.300. The van der Waals surface area contributed by atoms with E-state index in [-0.39, 0.29) is 16.2 Å². The highest BCUT2D eigenvalue weighted by molar-refractivity contribution is 7.89. The number of carbonyl (C=O) groups excluding carboxylic acids is 2. The van der Waals surface area contributed by atoms with Crippen LogP contribution >= 0.6 is 0 Å². The summed E-state index contributed by atoms with van der Waals surface area (Å²) < 4.78 is 36.7. The number of hydrogen-bond acceptors (Lipinski definition) is 6. The van der Waals surface area contributed by atoms with E-state index in [0.717, 1.165) is 12.8 Å². The number of benzene rings is 2. The van der Waals surface area contributed by atoms with Gasteiger partial charge in [-0.3, -0.25) is 4.79 Å². The molecule has 0 saturated carbocycles. The quantitative estimate of drug-likeness (QED) is 0.477. The summed E-state index contributed by atoms with van der Waals surface area (Å²) in [6, 6.07) is 10.4. The van der Waals surface area contributed by atoms with Gasteiger partial charge in [-0.1, -0.05) is 13.3 Å². The Labute approximate surface area is 170 Å². The standard InChI is InChI=1S/C20H24N2O6S/c1-4-5-12-28-20(24)14-6-9-16(10-7-14)22-19(23)15-8-11-17(27-3)18(13-15)29(25,26)21-2/h6-11,13,21H,4-5,12H2,1-3H3,(H,22,23). The molecule has 0 saturated heterocycles. The predicted octanol–water partition coefficient (Wildman–Crippen LogP) is 2.81. The number of anilines is 1. The van der Waals surface area contributed by atoms with Gasteiger partial charge in [0.25, 0.3) is 5.91 Å². The molecule has 2 rings (SSSR count). The van der Waals surface area contributed by atoms with Crippen molar-refractivity contribution < 1.29 is 27.5 Å². The Balaban J connectivity index is 2.14. The highest BCUT2D eigenvalue weighted by atomic mass is 32.2. The molecule has 29 heavy (non-hydrogen) atoms. The number of unbranched alkanes of at least 4 members (excludes halogenated alkanes) is 1. The van der Waals surface area contributed by atoms with Crippen molar-refractivity contribution in [2.24, 2.45) is 0 Å². The van der Waals surface area contributed by atoms with Crippen molar-refractivity contribution in [2.75, 3.05) is 26.1 Å². The summed E-state index contributed by atoms with van der Waals surface area (Å²) in [5.41, 5.74) is 0.975. The minimum absolute atomic E-state index is 0.127. The molecule has 0 heterocycles. The van der Waals surface area contributed by atoms with Crippen LogP contribution in [0.3, 0.4) is 0 Å². The molecule has 0 bridgehead atoms. The summed E-state index contributed by atoms with van der Waals surface area (Å²) in [7, 11) is -1.18. The molecular formula is C20H24N2O6S. The molecule has 0 aliphatic heterocycles. The molecule has 0 aliphatic rings. The SMILES string of the molecule is CCCCOC(=O)c1ccc(NC(=O)c2ccc(OC)c(S(=O)(=O)NC)c2)cc1. The third kappa shape index (κ3) is 5.78. The lowest BCUT2D eigenvalue weighted by molar-refractivity contribution is 0.0499. The number of rotatable bonds is 9. The van der Waals surface area contributed by atoms with E-state index in [1.807, 2.05) is 6.92 Å². The van der Waals surface area contributed by atoms with Gasteiger partial charge in [0.05, 0.1) is 19.3 Å². The van der Waals surface area contributed by atoms with E-state index in [2.05, 4.69) is 10.0 Å². The van der Waals surface area contributed by atoms with Gasteiger partial charge < -0.3 is 14.8 Å². The van der Waals surface area contributed by atoms with Crippen LogP contribution in [0.2, 0.25) is 0 Å². The first-order valence-electron chi connectivity index (χ1n) is 9.02. The summed E-state index contributed by atoms with van der Waals surface area (Å²) in [6.07, 6.45) is 1.73. The normalized spacial score (nSPS) is 11.0. The topological polar surface area (TPSA) is 111 Å². The average molecular weight is 420 g/mol. The highest BCUT2D eigenvalue weighted by Crippen LogP contribution is 2.25. The molecule has 1 amide bonds. The van der Waals surface area contributed by atoms with Crippen LogP contribution in [-0.2, 0) is 14.8 Å². The van der Waals surface area contributed by atoms with Crippen LogP contribution in [-0.4, -0.2) is 41.1 Å². The van der Waals surface area contributed by atoms with Crippen LogP contribution in [0.25, 0.3) is 0 Å². The second kappa shape index (κ2) is 10.0. The number of nitrogens with one attached hydrogen (secondary N) is 2. The Hall–Kier alpha value is -2.91. The zero-order chi connectivity index (χ0) is 21.4. The Morgan fingerprint density at radius 2 is 1.69 bits per heavy atom. The second-order valence-electron chi connectivity index (χ2n) is 6.09. The van der Waals surface area contributed by atoms with Crippen LogP contribution in [0.4, 0.5) is 5.69 Å². The second-order valence-corrected chi connectivity index (χ2v) is 7.95. The summed E-state index contributed by atoms with van der Waals surface area (Å²) >= 11 is 0. The Bertz CT molecular complexity index is 971. The Morgan fingerprint density at radius 1 is 1.03 bits per heavy atom. The Morgan fingerprint density at radius 3 is 2.28 bits per heavy atom. The molecule has 0 fully saturated rings. The van der Waals surface area contributed by atoms with Crippen LogP contribution in [0.5, 0.6) is 5.75 Å². The first kappa shape index (κ1) is 22.4. The van der Waals surface area contributed by atoms with E-state index in [1.54, 1.807) is 24.3 Å². The number of amides is 1. The summed E-state index contributed by atoms with van der Waals surface area (Å²) in [6.45, 7) is 2.37. The fourth-order valence-corrected chi connectivity index (χ4v) is 3.34. The van der Waals surface area contributed by atoms with Crippen molar-refractivity contribution in [3.63, 3.8) is 0 Å². The van der Waals surface area contributed by atoms with Crippen molar-refractivity contribution in [1.29, 1.82) is 0 Å². The van der Waals surface area contributed by atoms with Crippen LogP contribution in [0, 0.1) is 0 Å². The van der Waals surface area contributed by atoms with E-state index in [4.69, 9.17) is 9.47 Å². The Kier molecular flexibility index (Phi) is 7.74. The third-order valence-electron chi connectivity index (χ3n) is 4.09. The number of ether oxygens (including phenoxy) is 2. The van der Waals surface area contributed by atoms with Crippen molar-refractivity contribution in [3.8, 4) is 5.75 Å². The lowest BCUT2D eigenvalue weighted by atomic mass is 10.1. The molecule has 2 aromatic carbocycles. The van der Waals surface area contributed by atoms with Gasteiger partial charge >= 0.3 is 5.97 Å². The average Bonchev–Trinajstić information content (AvgIpc) is 2.73. The molecule has 8 nitrogen and oxygen atoms in total. The highest BCUT2D eigenvalue weighted by Gasteiger charge is 2.20. The van der Waals surface area contributed by atoms with Crippen LogP contribution < -0.4 is 14.8 Å². The maximum absolute atomic E-state index is 12.5. The molecule has 9 heteroatoms. The van der Waals surface area contributed by atoms with Gasteiger partial charge in [0.15, 0.2) is 0 Å². The summed E-state index contributed by atoms with van der Waals surface area (Å²) in [5, 5.41) is 2.66. The number of sulfonamides is 1. The van der Waals surface area contributed by atoms with E-state index in [9.17, 15) is 18.0 Å². The van der Waals surface area contributed by atoms with Gasteiger partial charge in [-0.15, -0.1) is 0 Å². The smallest absolute Gasteiger partial charge is 0.338 e. The molecular weight excluding hydrogens is 396 g/mol. The molecule has 0 aromatic heterocycles. The number of carbonyl (C=O) groups is 2. The van der Waals surface area contributed by atoms with Gasteiger partial charge in [-0.25, -0.2) is 17.9 Å². The first-order chi connectivity index (χ1) is 13.8. The minimum atomic E-state index is -3.80. The monoisotopic (exact) mass is 420 g/mol. The molecule has 0 atom stereocenters. The lowest BCUT2D eigenvalue weighted by Gasteiger charge is -2.11. The van der Waals surface area contributed by atoms with Crippen molar-refractivity contribution >= 4 is 27.6 Å². The predicted molar refractivity (Wildman–Crippen MR) is 109 cm³/mol. The minimum Gasteiger partial charge on any atom is -0.495 e. The zero-order valence-corrected chi connectivity index (χ0v) is 17.3. The van der Waals surface area contributed by atoms with E-state index < -0.39 is 21.9 Å². The van der Waals surface area contributed by atoms with Crippen molar-refractivity contribution in [2.45, 2.75) is 24.7 Å². The molecule has 2 N–H and O–H groups in total. The van der Waals surface area contributed by atoms with Crippen LogP contribution in [0.1, 0.15) is 40.5 Å². The maximum atomic E-state index is 12.5. The largest absolute Gasteiger partial charge is 0.495 e. The maximum Gasteiger partial charge on any atom is 0.338 e. The van der Waals surface area contributed by atoms with Gasteiger partial charge in [0, 0.05) is 11.3 Å². The molecule has 0 radical (unpaired) electrons. The number of hydrogen-bond donors (Lipinski definition) is 2. The molecule has 0 spiro atoms.